The van der Waals surface area contributed by atoms with Crippen LogP contribution in [-0.4, -0.2) is 29.9 Å². The lowest BCUT2D eigenvalue weighted by Gasteiger charge is -2.23. The van der Waals surface area contributed by atoms with E-state index in [-0.39, 0.29) is 23.7 Å². The predicted octanol–water partition coefficient (Wildman–Crippen LogP) is 4.72. The lowest BCUT2D eigenvalue weighted by Crippen LogP contribution is -2.39. The summed E-state index contributed by atoms with van der Waals surface area (Å²) in [5, 5.41) is 9.20. The topological polar surface area (TPSA) is 77.3 Å². The second kappa shape index (κ2) is 9.23. The fourth-order valence-corrected chi connectivity index (χ4v) is 5.41. The summed E-state index contributed by atoms with van der Waals surface area (Å²) < 4.78 is 0. The zero-order valence-corrected chi connectivity index (χ0v) is 21.0. The van der Waals surface area contributed by atoms with E-state index in [2.05, 4.69) is 56.1 Å². The third kappa shape index (κ3) is 4.49. The number of pyridine rings is 1. The Morgan fingerprint density at radius 2 is 1.92 bits per heavy atom. The summed E-state index contributed by atoms with van der Waals surface area (Å²) in [6.07, 6.45) is 5.81. The number of carbonyl (C=O) groups excluding carboxylic acids is 2. The van der Waals surface area contributed by atoms with Crippen LogP contribution >= 0.6 is 0 Å². The van der Waals surface area contributed by atoms with Gasteiger partial charge in [-0.1, -0.05) is 38.1 Å². The van der Waals surface area contributed by atoms with Gasteiger partial charge in [0.2, 0.25) is 11.8 Å². The number of fused-ring (bicyclic) bond motifs is 1. The summed E-state index contributed by atoms with van der Waals surface area (Å²) in [4.78, 5) is 34.3. The second-order valence-electron chi connectivity index (χ2n) is 10.6. The first-order valence-corrected chi connectivity index (χ1v) is 12.4. The van der Waals surface area contributed by atoms with Crippen molar-refractivity contribution in [2.24, 2.45) is 5.92 Å². The molecule has 1 aromatic heterocycles. The molecule has 2 aromatic carbocycles. The van der Waals surface area contributed by atoms with Crippen molar-refractivity contribution in [2.45, 2.75) is 45.4 Å². The van der Waals surface area contributed by atoms with Crippen LogP contribution < -0.4 is 9.80 Å². The molecule has 2 aliphatic heterocycles. The molecule has 5 rings (SSSR count). The van der Waals surface area contributed by atoms with Crippen molar-refractivity contribution in [2.75, 3.05) is 22.9 Å². The van der Waals surface area contributed by atoms with Gasteiger partial charge in [0, 0.05) is 48.7 Å². The Hall–Kier alpha value is -3.98. The molecule has 6 heteroatoms. The molecule has 0 saturated carbocycles. The average molecular weight is 479 g/mol. The van der Waals surface area contributed by atoms with E-state index in [1.807, 2.05) is 23.4 Å². The zero-order valence-electron chi connectivity index (χ0n) is 21.0. The van der Waals surface area contributed by atoms with E-state index in [4.69, 9.17) is 0 Å². The molecule has 1 unspecified atom stereocenters. The molecule has 1 saturated heterocycles. The van der Waals surface area contributed by atoms with Crippen LogP contribution in [0.4, 0.5) is 11.4 Å². The average Bonchev–Trinajstić information content (AvgIpc) is 3.39. The molecule has 0 aliphatic carbocycles. The summed E-state index contributed by atoms with van der Waals surface area (Å²) >= 11 is 0. The molecule has 2 aliphatic rings. The molecule has 6 nitrogen and oxygen atoms in total. The molecular formula is C30H30N4O2. The third-order valence-electron chi connectivity index (χ3n) is 7.30. The Labute approximate surface area is 212 Å². The van der Waals surface area contributed by atoms with Gasteiger partial charge in [-0.3, -0.25) is 14.6 Å². The number of aryl methyl sites for hydroxylation is 3. The lowest BCUT2D eigenvalue weighted by atomic mass is 9.85. The number of anilines is 2. The molecule has 1 atom stereocenters. The number of carbonyl (C=O) groups is 2. The number of nitriles is 1. The van der Waals surface area contributed by atoms with Crippen LogP contribution in [0, 0.1) is 24.2 Å². The zero-order chi connectivity index (χ0) is 25.4. The van der Waals surface area contributed by atoms with Gasteiger partial charge in [0.05, 0.1) is 17.6 Å². The van der Waals surface area contributed by atoms with E-state index in [1.165, 1.54) is 22.3 Å². The number of rotatable bonds is 5. The van der Waals surface area contributed by atoms with E-state index in [1.54, 1.807) is 23.1 Å². The molecule has 0 N–H and O–H groups in total. The molecular weight excluding hydrogens is 448 g/mol. The van der Waals surface area contributed by atoms with Crippen molar-refractivity contribution >= 4 is 23.2 Å². The van der Waals surface area contributed by atoms with Crippen molar-refractivity contribution in [3.8, 4) is 6.07 Å². The Bertz CT molecular complexity index is 1390. The fourth-order valence-electron chi connectivity index (χ4n) is 5.41. The van der Waals surface area contributed by atoms with E-state index in [0.717, 1.165) is 18.5 Å². The van der Waals surface area contributed by atoms with E-state index in [9.17, 15) is 14.9 Å². The van der Waals surface area contributed by atoms with Gasteiger partial charge in [-0.15, -0.1) is 0 Å². The van der Waals surface area contributed by atoms with Gasteiger partial charge in [0.25, 0.3) is 0 Å². The molecule has 0 radical (unpaired) electrons. The molecule has 36 heavy (non-hydrogen) atoms. The number of hydrogen-bond acceptors (Lipinski definition) is 4. The number of amides is 2. The number of benzene rings is 2. The van der Waals surface area contributed by atoms with Gasteiger partial charge in [-0.05, 0) is 66.3 Å². The normalized spacial score (nSPS) is 18.3. The molecule has 0 spiro atoms. The summed E-state index contributed by atoms with van der Waals surface area (Å²) in [6.45, 7) is 7.34. The van der Waals surface area contributed by atoms with Crippen LogP contribution in [0.2, 0.25) is 0 Å². The number of aromatic nitrogens is 1. The summed E-state index contributed by atoms with van der Waals surface area (Å²) in [5.74, 6) is -0.491. The molecule has 1 fully saturated rings. The van der Waals surface area contributed by atoms with Crippen LogP contribution in [0.25, 0.3) is 0 Å². The van der Waals surface area contributed by atoms with Crippen molar-refractivity contribution in [3.63, 3.8) is 0 Å². The van der Waals surface area contributed by atoms with Gasteiger partial charge >= 0.3 is 0 Å². The highest BCUT2D eigenvalue weighted by Crippen LogP contribution is 2.42. The minimum Gasteiger partial charge on any atom is -0.312 e. The van der Waals surface area contributed by atoms with Gasteiger partial charge < -0.3 is 9.80 Å². The minimum atomic E-state index is -0.404. The molecule has 182 valence electrons. The Morgan fingerprint density at radius 1 is 1.11 bits per heavy atom. The standard InChI is InChI=1S/C30H30N4O2/c1-20-11-23(17-32-16-20)8-7-21-9-10-27-26(13-21)30(2,3)19-34(27)29(36)24-14-28(35)33(18-24)25-6-4-5-22(12-25)15-31/h4-6,9-13,16-17,24H,7-8,14,18-19H2,1-3H3. The molecule has 2 amide bonds. The minimum absolute atomic E-state index is 0.00676. The van der Waals surface area contributed by atoms with Crippen molar-refractivity contribution in [3.05, 3.63) is 88.7 Å². The Kier molecular flexibility index (Phi) is 6.09. The Balaban J connectivity index is 1.33. The first-order valence-electron chi connectivity index (χ1n) is 12.4. The van der Waals surface area contributed by atoms with Crippen LogP contribution in [0.3, 0.4) is 0 Å². The van der Waals surface area contributed by atoms with Gasteiger partial charge in [-0.2, -0.15) is 5.26 Å². The molecule has 3 aromatic rings. The quantitative estimate of drug-likeness (QED) is 0.531. The van der Waals surface area contributed by atoms with Crippen molar-refractivity contribution < 1.29 is 9.59 Å². The third-order valence-corrected chi connectivity index (χ3v) is 7.30. The Morgan fingerprint density at radius 3 is 2.69 bits per heavy atom. The highest BCUT2D eigenvalue weighted by Gasteiger charge is 2.43. The van der Waals surface area contributed by atoms with E-state index in [0.29, 0.717) is 24.3 Å². The van der Waals surface area contributed by atoms with E-state index >= 15 is 0 Å². The highest BCUT2D eigenvalue weighted by molar-refractivity contribution is 6.05. The summed E-state index contributed by atoms with van der Waals surface area (Å²) in [6, 6.07) is 17.7. The molecule has 0 bridgehead atoms. The maximum atomic E-state index is 13.7. The summed E-state index contributed by atoms with van der Waals surface area (Å²) in [5.41, 5.74) is 6.76. The summed E-state index contributed by atoms with van der Waals surface area (Å²) in [7, 11) is 0. The number of hydrogen-bond donors (Lipinski definition) is 0. The van der Waals surface area contributed by atoms with Crippen molar-refractivity contribution in [1.82, 2.24) is 4.98 Å². The van der Waals surface area contributed by atoms with Gasteiger partial charge in [0.15, 0.2) is 0 Å². The van der Waals surface area contributed by atoms with E-state index < -0.39 is 5.92 Å². The first kappa shape index (κ1) is 23.7. The predicted molar refractivity (Wildman–Crippen MR) is 140 cm³/mol. The highest BCUT2D eigenvalue weighted by atomic mass is 16.2. The van der Waals surface area contributed by atoms with Crippen LogP contribution in [0.15, 0.2) is 60.9 Å². The molecule has 3 heterocycles. The lowest BCUT2D eigenvalue weighted by molar-refractivity contribution is -0.124. The second-order valence-corrected chi connectivity index (χ2v) is 10.6. The van der Waals surface area contributed by atoms with Crippen molar-refractivity contribution in [1.29, 1.82) is 5.26 Å². The smallest absolute Gasteiger partial charge is 0.232 e. The number of nitrogens with zero attached hydrogens (tertiary/aromatic N) is 4. The van der Waals surface area contributed by atoms with Crippen LogP contribution in [0.5, 0.6) is 0 Å². The maximum absolute atomic E-state index is 13.7. The maximum Gasteiger partial charge on any atom is 0.232 e. The SMILES string of the molecule is Cc1cncc(CCc2ccc3c(c2)C(C)(C)CN3C(=O)C2CC(=O)N(c3cccc(C#N)c3)C2)c1. The largest absolute Gasteiger partial charge is 0.312 e. The first-order chi connectivity index (χ1) is 17.2. The van der Waals surface area contributed by atoms with Crippen LogP contribution in [0.1, 0.15) is 48.1 Å². The van der Waals surface area contributed by atoms with Gasteiger partial charge in [-0.25, -0.2) is 0 Å². The van der Waals surface area contributed by atoms with Gasteiger partial charge in [0.1, 0.15) is 0 Å². The monoisotopic (exact) mass is 478 g/mol. The van der Waals surface area contributed by atoms with Crippen LogP contribution in [-0.2, 0) is 27.8 Å². The fraction of sp³-hybridized carbons (Fsp3) is 0.333.